The van der Waals surface area contributed by atoms with Gasteiger partial charge in [-0.05, 0) is 24.3 Å². The summed E-state index contributed by atoms with van der Waals surface area (Å²) in [5, 5.41) is 3.56. The minimum Gasteiger partial charge on any atom is -0.314 e. The van der Waals surface area contributed by atoms with Crippen molar-refractivity contribution in [1.82, 2.24) is 10.2 Å². The van der Waals surface area contributed by atoms with Crippen LogP contribution in [0.1, 0.15) is 52.9 Å². The SMILES string of the molecule is CC(C)(C)C1CNCCN1CCC1CCCC1. The fraction of sp³-hybridized carbons (Fsp3) is 1.00. The minimum atomic E-state index is 0.406. The topological polar surface area (TPSA) is 15.3 Å². The number of nitrogens with zero attached hydrogens (tertiary/aromatic N) is 1. The van der Waals surface area contributed by atoms with E-state index in [9.17, 15) is 0 Å². The van der Waals surface area contributed by atoms with Crippen molar-refractivity contribution >= 4 is 0 Å². The molecule has 1 aliphatic carbocycles. The van der Waals surface area contributed by atoms with Gasteiger partial charge in [-0.1, -0.05) is 46.5 Å². The summed E-state index contributed by atoms with van der Waals surface area (Å²) in [6.45, 7) is 12.1. The first kappa shape index (κ1) is 13.4. The van der Waals surface area contributed by atoms with Crippen molar-refractivity contribution in [3.8, 4) is 0 Å². The van der Waals surface area contributed by atoms with Gasteiger partial charge >= 0.3 is 0 Å². The second kappa shape index (κ2) is 5.71. The Morgan fingerprint density at radius 2 is 1.88 bits per heavy atom. The Labute approximate surface area is 107 Å². The summed E-state index contributed by atoms with van der Waals surface area (Å²) in [6, 6.07) is 0.720. The highest BCUT2D eigenvalue weighted by atomic mass is 15.2. The van der Waals surface area contributed by atoms with Gasteiger partial charge in [0.25, 0.3) is 0 Å². The first-order valence-corrected chi connectivity index (χ1v) is 7.52. The maximum Gasteiger partial charge on any atom is 0.0269 e. The molecule has 2 nitrogen and oxygen atoms in total. The van der Waals surface area contributed by atoms with Gasteiger partial charge in [0.15, 0.2) is 0 Å². The van der Waals surface area contributed by atoms with Crippen molar-refractivity contribution in [2.45, 2.75) is 58.9 Å². The monoisotopic (exact) mass is 238 g/mol. The van der Waals surface area contributed by atoms with Gasteiger partial charge in [-0.3, -0.25) is 4.90 Å². The Balaban J connectivity index is 1.83. The quantitative estimate of drug-likeness (QED) is 0.813. The first-order valence-electron chi connectivity index (χ1n) is 7.52. The molecule has 0 aromatic carbocycles. The molecule has 1 atom stereocenters. The fourth-order valence-corrected chi connectivity index (χ4v) is 3.52. The molecule has 100 valence electrons. The van der Waals surface area contributed by atoms with Gasteiger partial charge in [0.1, 0.15) is 0 Å². The highest BCUT2D eigenvalue weighted by molar-refractivity contribution is 4.88. The highest BCUT2D eigenvalue weighted by Gasteiger charge is 2.32. The standard InChI is InChI=1S/C15H30N2/c1-15(2,3)14-12-16-9-11-17(14)10-8-13-6-4-5-7-13/h13-14,16H,4-12H2,1-3H3. The van der Waals surface area contributed by atoms with E-state index in [4.69, 9.17) is 0 Å². The van der Waals surface area contributed by atoms with E-state index in [0.29, 0.717) is 5.41 Å². The third-order valence-corrected chi connectivity index (χ3v) is 4.65. The van der Waals surface area contributed by atoms with Gasteiger partial charge in [-0.2, -0.15) is 0 Å². The van der Waals surface area contributed by atoms with Gasteiger partial charge in [-0.15, -0.1) is 0 Å². The van der Waals surface area contributed by atoms with Gasteiger partial charge in [0, 0.05) is 25.7 Å². The molecule has 2 rings (SSSR count). The molecule has 1 saturated carbocycles. The molecule has 1 saturated heterocycles. The zero-order valence-corrected chi connectivity index (χ0v) is 12.0. The average molecular weight is 238 g/mol. The molecule has 0 aromatic rings. The summed E-state index contributed by atoms with van der Waals surface area (Å²) in [4.78, 5) is 2.74. The van der Waals surface area contributed by atoms with Crippen molar-refractivity contribution < 1.29 is 0 Å². The molecule has 0 spiro atoms. The van der Waals surface area contributed by atoms with E-state index in [1.165, 1.54) is 58.3 Å². The van der Waals surface area contributed by atoms with Gasteiger partial charge < -0.3 is 5.32 Å². The Hall–Kier alpha value is -0.0800. The third-order valence-electron chi connectivity index (χ3n) is 4.65. The molecule has 1 heterocycles. The highest BCUT2D eigenvalue weighted by Crippen LogP contribution is 2.30. The molecule has 17 heavy (non-hydrogen) atoms. The van der Waals surface area contributed by atoms with Crippen LogP contribution < -0.4 is 5.32 Å². The van der Waals surface area contributed by atoms with E-state index >= 15 is 0 Å². The van der Waals surface area contributed by atoms with Gasteiger partial charge in [-0.25, -0.2) is 0 Å². The molecule has 0 bridgehead atoms. The average Bonchev–Trinajstić information content (AvgIpc) is 2.78. The summed E-state index contributed by atoms with van der Waals surface area (Å²) in [6.07, 6.45) is 7.38. The van der Waals surface area contributed by atoms with Crippen molar-refractivity contribution in [2.24, 2.45) is 11.3 Å². The summed E-state index contributed by atoms with van der Waals surface area (Å²) >= 11 is 0. The lowest BCUT2D eigenvalue weighted by Crippen LogP contribution is -2.56. The van der Waals surface area contributed by atoms with E-state index in [0.717, 1.165) is 12.0 Å². The van der Waals surface area contributed by atoms with Crippen LogP contribution >= 0.6 is 0 Å². The molecule has 0 radical (unpaired) electrons. The lowest BCUT2D eigenvalue weighted by atomic mass is 9.84. The zero-order chi connectivity index (χ0) is 12.3. The Morgan fingerprint density at radius 1 is 1.18 bits per heavy atom. The molecule has 2 fully saturated rings. The van der Waals surface area contributed by atoms with Crippen LogP contribution in [0.25, 0.3) is 0 Å². The second-order valence-electron chi connectivity index (χ2n) is 7.06. The van der Waals surface area contributed by atoms with Gasteiger partial charge in [0.05, 0.1) is 0 Å². The maximum atomic E-state index is 3.56. The van der Waals surface area contributed by atoms with Crippen LogP contribution in [-0.4, -0.2) is 37.1 Å². The van der Waals surface area contributed by atoms with E-state index in [2.05, 4.69) is 31.0 Å². The van der Waals surface area contributed by atoms with Crippen molar-refractivity contribution in [1.29, 1.82) is 0 Å². The largest absolute Gasteiger partial charge is 0.314 e. The van der Waals surface area contributed by atoms with Gasteiger partial charge in [0.2, 0.25) is 0 Å². The zero-order valence-electron chi connectivity index (χ0n) is 12.0. The van der Waals surface area contributed by atoms with E-state index in [1.54, 1.807) is 0 Å². The molecule has 1 N–H and O–H groups in total. The van der Waals surface area contributed by atoms with Crippen molar-refractivity contribution in [2.75, 3.05) is 26.2 Å². The molecule has 1 unspecified atom stereocenters. The number of hydrogen-bond acceptors (Lipinski definition) is 2. The summed E-state index contributed by atoms with van der Waals surface area (Å²) in [5.74, 6) is 1.03. The van der Waals surface area contributed by atoms with Crippen molar-refractivity contribution in [3.05, 3.63) is 0 Å². The van der Waals surface area contributed by atoms with Crippen LogP contribution in [0.3, 0.4) is 0 Å². The molecule has 0 aromatic heterocycles. The van der Waals surface area contributed by atoms with E-state index in [1.807, 2.05) is 0 Å². The van der Waals surface area contributed by atoms with Crippen LogP contribution in [-0.2, 0) is 0 Å². The van der Waals surface area contributed by atoms with E-state index < -0.39 is 0 Å². The van der Waals surface area contributed by atoms with Crippen LogP contribution in [0.5, 0.6) is 0 Å². The van der Waals surface area contributed by atoms with E-state index in [-0.39, 0.29) is 0 Å². The maximum absolute atomic E-state index is 3.56. The first-order chi connectivity index (χ1) is 8.07. The van der Waals surface area contributed by atoms with Crippen molar-refractivity contribution in [3.63, 3.8) is 0 Å². The Kier molecular flexibility index (Phi) is 4.48. The third kappa shape index (κ3) is 3.69. The second-order valence-corrected chi connectivity index (χ2v) is 7.06. The summed E-state index contributed by atoms with van der Waals surface area (Å²) in [7, 11) is 0. The number of rotatable bonds is 3. The smallest absolute Gasteiger partial charge is 0.0269 e. The minimum absolute atomic E-state index is 0.406. The molecule has 1 aliphatic heterocycles. The molecule has 0 amide bonds. The summed E-state index contributed by atoms with van der Waals surface area (Å²) < 4.78 is 0. The lowest BCUT2D eigenvalue weighted by molar-refractivity contribution is 0.0704. The normalized spacial score (nSPS) is 28.8. The number of piperazine rings is 1. The molecule has 2 heteroatoms. The lowest BCUT2D eigenvalue weighted by Gasteiger charge is -2.44. The molecular formula is C15H30N2. The van der Waals surface area contributed by atoms with Crippen LogP contribution in [0.2, 0.25) is 0 Å². The van der Waals surface area contributed by atoms with Crippen LogP contribution in [0, 0.1) is 11.3 Å². The molecule has 2 aliphatic rings. The van der Waals surface area contributed by atoms with Crippen LogP contribution in [0.4, 0.5) is 0 Å². The fourth-order valence-electron chi connectivity index (χ4n) is 3.52. The number of nitrogens with one attached hydrogen (secondary N) is 1. The number of hydrogen-bond donors (Lipinski definition) is 1. The molecular weight excluding hydrogens is 208 g/mol. The predicted octanol–water partition coefficient (Wildman–Crippen LogP) is 2.89. The van der Waals surface area contributed by atoms with Crippen LogP contribution in [0.15, 0.2) is 0 Å². The Bertz CT molecular complexity index is 226. The summed E-state index contributed by atoms with van der Waals surface area (Å²) in [5.41, 5.74) is 0.406. The predicted molar refractivity (Wildman–Crippen MR) is 74.3 cm³/mol. The Morgan fingerprint density at radius 3 is 2.53 bits per heavy atom.